The molecule has 0 aromatic heterocycles. The molecule has 0 aliphatic carbocycles. The first-order valence-corrected chi connectivity index (χ1v) is 3.95. The zero-order valence-electron chi connectivity index (χ0n) is 7.75. The number of unbranched alkanes of at least 4 members (excludes halogenated alkanes) is 1. The molecule has 0 heterocycles. The van der Waals surface area contributed by atoms with Crippen LogP contribution < -0.4 is 0 Å². The first-order valence-electron chi connectivity index (χ1n) is 3.95. The van der Waals surface area contributed by atoms with E-state index in [1.165, 1.54) is 0 Å². The van der Waals surface area contributed by atoms with Crippen LogP contribution in [-0.4, -0.2) is 28.4 Å². The van der Waals surface area contributed by atoms with Gasteiger partial charge in [0.05, 0.1) is 5.92 Å². The summed E-state index contributed by atoms with van der Waals surface area (Å²) in [5, 5.41) is 8.60. The summed E-state index contributed by atoms with van der Waals surface area (Å²) in [4.78, 5) is 10.4. The van der Waals surface area contributed by atoms with E-state index < -0.39 is 5.97 Å². The minimum atomic E-state index is -0.643. The van der Waals surface area contributed by atoms with Crippen molar-refractivity contribution in [1.29, 1.82) is 0 Å². The number of aliphatic carboxylic acids is 1. The third-order valence-electron chi connectivity index (χ3n) is 1.75. The molecular weight excluding hydrogens is 171 g/mol. The van der Waals surface area contributed by atoms with Crippen LogP contribution in [0.15, 0.2) is 0 Å². The molecule has 68 valence electrons. The second kappa shape index (κ2) is 11.0. The predicted octanol–water partition coefficient (Wildman–Crippen LogP) is 1.79. The molecule has 0 aromatic rings. The normalized spacial score (nSPS) is 10.8. The molecule has 0 saturated heterocycles. The van der Waals surface area contributed by atoms with Gasteiger partial charge in [-0.2, -0.15) is 0 Å². The Hall–Kier alpha value is -0.0375. The molecule has 1 atom stereocenters. The van der Waals surface area contributed by atoms with E-state index >= 15 is 0 Å². The Bertz CT molecular complexity index is 106. The topological polar surface area (TPSA) is 65.8 Å². The summed E-state index contributed by atoms with van der Waals surface area (Å²) in [5.74, 6) is -0.754. The van der Waals surface area contributed by atoms with Crippen LogP contribution in [-0.2, 0) is 10.3 Å². The van der Waals surface area contributed by atoms with Crippen molar-refractivity contribution in [3.05, 3.63) is 0 Å². The summed E-state index contributed by atoms with van der Waals surface area (Å²) in [7, 11) is 0. The summed E-state index contributed by atoms with van der Waals surface area (Å²) >= 11 is 0. The third-order valence-corrected chi connectivity index (χ3v) is 1.75. The van der Waals surface area contributed by atoms with Gasteiger partial charge in [-0.15, -0.1) is 0 Å². The van der Waals surface area contributed by atoms with Crippen LogP contribution in [0, 0.1) is 5.92 Å². The predicted molar refractivity (Wildman–Crippen MR) is 47.4 cm³/mol. The van der Waals surface area contributed by atoms with Gasteiger partial charge in [0, 0.05) is 0 Å². The van der Waals surface area contributed by atoms with Crippen LogP contribution in [0.25, 0.3) is 0 Å². The summed E-state index contributed by atoms with van der Waals surface area (Å²) < 4.78 is 0. The van der Waals surface area contributed by atoms with Crippen LogP contribution in [0.3, 0.4) is 0 Å². The summed E-state index contributed by atoms with van der Waals surface area (Å²) in [6, 6.07) is 0. The fourth-order valence-corrected chi connectivity index (χ4v) is 0.953. The van der Waals surface area contributed by atoms with Crippen LogP contribution in [0.5, 0.6) is 0 Å². The average molecular weight is 187 g/mol. The van der Waals surface area contributed by atoms with E-state index in [-0.39, 0.29) is 28.8 Å². The van der Waals surface area contributed by atoms with Gasteiger partial charge in [-0.1, -0.05) is 26.7 Å². The zero-order valence-corrected chi connectivity index (χ0v) is 8.90. The second-order valence-electron chi connectivity index (χ2n) is 2.59. The van der Waals surface area contributed by atoms with Gasteiger partial charge in [-0.05, 0) is 12.8 Å². The Morgan fingerprint density at radius 3 is 2.17 bits per heavy atom. The van der Waals surface area contributed by atoms with Crippen LogP contribution in [0.4, 0.5) is 0 Å². The Balaban J connectivity index is -0.000000405. The molecule has 12 heavy (non-hydrogen) atoms. The van der Waals surface area contributed by atoms with E-state index in [0.29, 0.717) is 0 Å². The smallest absolute Gasteiger partial charge is 2.00 e. The van der Waals surface area contributed by atoms with Crippen LogP contribution >= 0.6 is 0 Å². The Morgan fingerprint density at radius 2 is 1.92 bits per heavy atom. The van der Waals surface area contributed by atoms with Gasteiger partial charge in [-0.3, -0.25) is 4.79 Å². The van der Waals surface area contributed by atoms with Crippen molar-refractivity contribution in [3.63, 3.8) is 0 Å². The van der Waals surface area contributed by atoms with Crippen molar-refractivity contribution in [2.45, 2.75) is 39.5 Å². The van der Waals surface area contributed by atoms with Crippen LogP contribution in [0.2, 0.25) is 0 Å². The molecule has 0 rings (SSSR count). The third kappa shape index (κ3) is 8.06. The first-order chi connectivity index (χ1) is 4.72. The molecule has 3 nitrogen and oxygen atoms in total. The summed E-state index contributed by atoms with van der Waals surface area (Å²) in [6.07, 6.45) is 3.71. The summed E-state index contributed by atoms with van der Waals surface area (Å²) in [6.45, 7) is 4.00. The Morgan fingerprint density at radius 1 is 1.42 bits per heavy atom. The van der Waals surface area contributed by atoms with Gasteiger partial charge in [0.15, 0.2) is 0 Å². The van der Waals surface area contributed by atoms with Gasteiger partial charge in [0.25, 0.3) is 0 Å². The second-order valence-corrected chi connectivity index (χ2v) is 2.59. The summed E-state index contributed by atoms with van der Waals surface area (Å²) in [5.41, 5.74) is 0. The van der Waals surface area contributed by atoms with E-state index in [1.54, 1.807) is 0 Å². The molecule has 1 N–H and O–H groups in total. The SMILES string of the molecule is CCCCC(CC)C(=O)O.[Al+3].[O-2]. The maximum Gasteiger partial charge on any atom is 3.00 e. The van der Waals surface area contributed by atoms with Gasteiger partial charge >= 0.3 is 23.3 Å². The molecule has 0 aromatic carbocycles. The largest absolute Gasteiger partial charge is 3.00 e. The number of rotatable bonds is 5. The van der Waals surface area contributed by atoms with Crippen molar-refractivity contribution >= 4 is 23.3 Å². The number of hydrogen-bond donors (Lipinski definition) is 1. The van der Waals surface area contributed by atoms with Gasteiger partial charge in [-0.25, -0.2) is 0 Å². The Labute approximate surface area is 84.6 Å². The molecule has 0 aliphatic heterocycles. The fourth-order valence-electron chi connectivity index (χ4n) is 0.953. The number of carbonyl (C=O) groups is 1. The quantitative estimate of drug-likeness (QED) is 0.667. The molecule has 0 bridgehead atoms. The average Bonchev–Trinajstić information content (AvgIpc) is 1.89. The number of hydrogen-bond acceptors (Lipinski definition) is 1. The van der Waals surface area contributed by atoms with Crippen molar-refractivity contribution < 1.29 is 15.4 Å². The molecule has 0 fully saturated rings. The van der Waals surface area contributed by atoms with E-state index in [4.69, 9.17) is 5.11 Å². The van der Waals surface area contributed by atoms with Gasteiger partial charge in [0.2, 0.25) is 0 Å². The first kappa shape index (κ1) is 17.9. The monoisotopic (exact) mass is 187 g/mol. The Kier molecular flexibility index (Phi) is 16.3. The molecule has 0 radical (unpaired) electrons. The van der Waals surface area contributed by atoms with Gasteiger partial charge < -0.3 is 10.6 Å². The van der Waals surface area contributed by atoms with E-state index in [0.717, 1.165) is 25.7 Å². The van der Waals surface area contributed by atoms with Crippen molar-refractivity contribution in [1.82, 2.24) is 0 Å². The van der Waals surface area contributed by atoms with Crippen LogP contribution in [0.1, 0.15) is 39.5 Å². The number of carboxylic acids is 1. The van der Waals surface area contributed by atoms with Gasteiger partial charge in [0.1, 0.15) is 0 Å². The molecule has 0 amide bonds. The standard InChI is InChI=1S/C8H16O2.Al.O/c1-3-5-6-7(4-2)8(9)10;;/h7H,3-6H2,1-2H3,(H,9,10);;/q;+3;-2. The molecule has 1 unspecified atom stereocenters. The fraction of sp³-hybridized carbons (Fsp3) is 0.875. The molecule has 0 aliphatic rings. The van der Waals surface area contributed by atoms with E-state index in [9.17, 15) is 4.79 Å². The van der Waals surface area contributed by atoms with Crippen molar-refractivity contribution in [3.8, 4) is 0 Å². The zero-order chi connectivity index (χ0) is 7.98. The minimum absolute atomic E-state index is 0. The number of carboxylic acid groups (broad SMARTS) is 1. The van der Waals surface area contributed by atoms with E-state index in [2.05, 4.69) is 6.92 Å². The molecule has 0 spiro atoms. The molecule has 0 saturated carbocycles. The maximum atomic E-state index is 10.4. The molecule has 4 heteroatoms. The molecular formula is C8H16AlO3+. The minimum Gasteiger partial charge on any atom is -2.00 e. The maximum absolute atomic E-state index is 10.4. The van der Waals surface area contributed by atoms with Crippen molar-refractivity contribution in [2.24, 2.45) is 5.92 Å². The van der Waals surface area contributed by atoms with Crippen molar-refractivity contribution in [2.75, 3.05) is 0 Å². The van der Waals surface area contributed by atoms with E-state index in [1.807, 2.05) is 6.92 Å².